The molecule has 2 heterocycles. The van der Waals surface area contributed by atoms with Gasteiger partial charge >= 0.3 is 0 Å². The third kappa shape index (κ3) is 2.70. The van der Waals surface area contributed by atoms with Crippen molar-refractivity contribution in [3.05, 3.63) is 0 Å². The molecule has 2 atom stereocenters. The van der Waals surface area contributed by atoms with E-state index >= 15 is 0 Å². The molecule has 2 fully saturated rings. The fourth-order valence-corrected chi connectivity index (χ4v) is 3.66. The van der Waals surface area contributed by atoms with Crippen LogP contribution >= 0.6 is 11.8 Å². The molecule has 0 unspecified atom stereocenters. The van der Waals surface area contributed by atoms with E-state index in [2.05, 4.69) is 4.90 Å². The predicted octanol–water partition coefficient (Wildman–Crippen LogP) is -0.0167. The Labute approximate surface area is 102 Å². The van der Waals surface area contributed by atoms with Gasteiger partial charge in [-0.2, -0.15) is 11.8 Å². The minimum Gasteiger partial charge on any atom is -0.339 e. The number of rotatable bonds is 2. The second-order valence-electron chi connectivity index (χ2n) is 4.67. The summed E-state index contributed by atoms with van der Waals surface area (Å²) in [7, 11) is 0. The summed E-state index contributed by atoms with van der Waals surface area (Å²) in [5, 5.41) is 0. The third-order valence-corrected chi connectivity index (χ3v) is 4.58. The van der Waals surface area contributed by atoms with Crippen LogP contribution in [0.25, 0.3) is 0 Å². The van der Waals surface area contributed by atoms with E-state index in [1.54, 1.807) is 6.92 Å². The van der Waals surface area contributed by atoms with Gasteiger partial charge in [0.15, 0.2) is 0 Å². The Morgan fingerprint density at radius 1 is 1.38 bits per heavy atom. The molecule has 0 aromatic heterocycles. The Morgan fingerprint density at radius 2 is 2.06 bits per heavy atom. The fourth-order valence-electron chi connectivity index (χ4n) is 2.41. The van der Waals surface area contributed by atoms with Gasteiger partial charge in [-0.25, -0.2) is 0 Å². The van der Waals surface area contributed by atoms with E-state index in [1.807, 2.05) is 16.7 Å². The van der Waals surface area contributed by atoms with Crippen molar-refractivity contribution in [1.29, 1.82) is 0 Å². The highest BCUT2D eigenvalue weighted by Crippen LogP contribution is 2.23. The zero-order valence-corrected chi connectivity index (χ0v) is 10.7. The maximum atomic E-state index is 11.7. The van der Waals surface area contributed by atoms with Gasteiger partial charge in [0, 0.05) is 38.0 Å². The molecule has 0 spiro atoms. The summed E-state index contributed by atoms with van der Waals surface area (Å²) in [6.07, 6.45) is 1.31. The smallest absolute Gasteiger partial charge is 0.239 e. The Hall–Kier alpha value is -0.260. The molecular weight excluding hydrogens is 222 g/mol. The molecule has 4 nitrogen and oxygen atoms in total. The molecule has 92 valence electrons. The molecule has 0 saturated carbocycles. The van der Waals surface area contributed by atoms with Crippen molar-refractivity contribution in [2.24, 2.45) is 5.73 Å². The second kappa shape index (κ2) is 5.38. The lowest BCUT2D eigenvalue weighted by atomic mass is 10.2. The third-order valence-electron chi connectivity index (χ3n) is 3.44. The zero-order valence-electron chi connectivity index (χ0n) is 9.89. The number of thioether (sulfide) groups is 1. The number of piperazine rings is 1. The molecule has 2 rings (SSSR count). The van der Waals surface area contributed by atoms with Crippen LogP contribution in [0.1, 0.15) is 13.3 Å². The van der Waals surface area contributed by atoms with Gasteiger partial charge in [-0.05, 0) is 19.1 Å². The molecule has 0 bridgehead atoms. The SMILES string of the molecule is C[C@@H](N)C(=O)N1CCN([C@@H]2CCSC2)CC1. The summed E-state index contributed by atoms with van der Waals surface area (Å²) in [6.45, 7) is 5.50. The van der Waals surface area contributed by atoms with Gasteiger partial charge in [0.1, 0.15) is 0 Å². The monoisotopic (exact) mass is 243 g/mol. The first-order chi connectivity index (χ1) is 7.68. The Bertz CT molecular complexity index is 246. The van der Waals surface area contributed by atoms with Gasteiger partial charge in [0.25, 0.3) is 0 Å². The molecule has 0 aliphatic carbocycles. The first-order valence-corrected chi connectivity index (χ1v) is 7.20. The Balaban J connectivity index is 1.80. The summed E-state index contributed by atoms with van der Waals surface area (Å²) in [6, 6.07) is 0.395. The summed E-state index contributed by atoms with van der Waals surface area (Å²) >= 11 is 2.05. The van der Waals surface area contributed by atoms with Crippen molar-refractivity contribution in [3.8, 4) is 0 Å². The van der Waals surface area contributed by atoms with E-state index < -0.39 is 0 Å². The summed E-state index contributed by atoms with van der Waals surface area (Å²) in [4.78, 5) is 16.1. The molecule has 2 aliphatic heterocycles. The van der Waals surface area contributed by atoms with E-state index in [0.29, 0.717) is 0 Å². The zero-order chi connectivity index (χ0) is 11.5. The van der Waals surface area contributed by atoms with Gasteiger partial charge in [-0.1, -0.05) is 0 Å². The van der Waals surface area contributed by atoms with Crippen molar-refractivity contribution in [3.63, 3.8) is 0 Å². The highest BCUT2D eigenvalue weighted by molar-refractivity contribution is 7.99. The van der Waals surface area contributed by atoms with Crippen LogP contribution in [0.3, 0.4) is 0 Å². The normalized spacial score (nSPS) is 29.4. The quantitative estimate of drug-likeness (QED) is 0.741. The Morgan fingerprint density at radius 3 is 2.56 bits per heavy atom. The average Bonchev–Trinajstić information content (AvgIpc) is 2.81. The van der Waals surface area contributed by atoms with E-state index in [9.17, 15) is 4.79 Å². The minimum absolute atomic E-state index is 0.0976. The highest BCUT2D eigenvalue weighted by Gasteiger charge is 2.28. The first kappa shape index (κ1) is 12.2. The van der Waals surface area contributed by atoms with Gasteiger partial charge in [-0.15, -0.1) is 0 Å². The first-order valence-electron chi connectivity index (χ1n) is 6.04. The standard InChI is InChI=1S/C11H21N3OS/c1-9(12)11(15)14-5-3-13(4-6-14)10-2-7-16-8-10/h9-10H,2-8,12H2,1H3/t9-,10-/m1/s1. The van der Waals surface area contributed by atoms with Crippen LogP contribution in [0, 0.1) is 0 Å². The number of hydrogen-bond acceptors (Lipinski definition) is 4. The molecule has 2 N–H and O–H groups in total. The van der Waals surface area contributed by atoms with E-state index in [4.69, 9.17) is 5.73 Å². The summed E-state index contributed by atoms with van der Waals surface area (Å²) in [5.74, 6) is 2.66. The number of carbonyl (C=O) groups excluding carboxylic acids is 1. The van der Waals surface area contributed by atoms with Crippen LogP contribution in [0.4, 0.5) is 0 Å². The topological polar surface area (TPSA) is 49.6 Å². The maximum absolute atomic E-state index is 11.7. The Kier molecular flexibility index (Phi) is 4.10. The number of nitrogens with zero attached hydrogens (tertiary/aromatic N) is 2. The van der Waals surface area contributed by atoms with E-state index in [0.717, 1.165) is 32.2 Å². The number of nitrogens with two attached hydrogens (primary N) is 1. The van der Waals surface area contributed by atoms with Crippen LogP contribution in [0.5, 0.6) is 0 Å². The van der Waals surface area contributed by atoms with Crippen LogP contribution < -0.4 is 5.73 Å². The molecule has 0 aromatic carbocycles. The second-order valence-corrected chi connectivity index (χ2v) is 5.82. The molecule has 0 aromatic rings. The predicted molar refractivity (Wildman–Crippen MR) is 67.5 cm³/mol. The van der Waals surface area contributed by atoms with Crippen molar-refractivity contribution in [1.82, 2.24) is 9.80 Å². The molecule has 5 heteroatoms. The van der Waals surface area contributed by atoms with Crippen molar-refractivity contribution in [2.75, 3.05) is 37.7 Å². The molecular formula is C11H21N3OS. The lowest BCUT2D eigenvalue weighted by molar-refractivity contribution is -0.134. The molecule has 16 heavy (non-hydrogen) atoms. The maximum Gasteiger partial charge on any atom is 0.239 e. The lowest BCUT2D eigenvalue weighted by Crippen LogP contribution is -2.54. The molecule has 2 saturated heterocycles. The van der Waals surface area contributed by atoms with Crippen LogP contribution in [0.15, 0.2) is 0 Å². The number of hydrogen-bond donors (Lipinski definition) is 1. The van der Waals surface area contributed by atoms with Crippen LogP contribution in [-0.4, -0.2) is 65.5 Å². The van der Waals surface area contributed by atoms with Crippen molar-refractivity contribution < 1.29 is 4.79 Å². The van der Waals surface area contributed by atoms with E-state index in [1.165, 1.54) is 17.9 Å². The number of carbonyl (C=O) groups is 1. The molecule has 1 amide bonds. The summed E-state index contributed by atoms with van der Waals surface area (Å²) < 4.78 is 0. The lowest BCUT2D eigenvalue weighted by Gasteiger charge is -2.38. The van der Waals surface area contributed by atoms with Crippen LogP contribution in [-0.2, 0) is 4.79 Å². The van der Waals surface area contributed by atoms with Gasteiger partial charge in [0.2, 0.25) is 5.91 Å². The molecule has 2 aliphatic rings. The van der Waals surface area contributed by atoms with Gasteiger partial charge in [-0.3, -0.25) is 9.69 Å². The fraction of sp³-hybridized carbons (Fsp3) is 0.909. The summed E-state index contributed by atoms with van der Waals surface area (Å²) in [5.41, 5.74) is 5.62. The van der Waals surface area contributed by atoms with Gasteiger partial charge in [0.05, 0.1) is 6.04 Å². The van der Waals surface area contributed by atoms with E-state index in [-0.39, 0.29) is 11.9 Å². The molecule has 0 radical (unpaired) electrons. The largest absolute Gasteiger partial charge is 0.339 e. The van der Waals surface area contributed by atoms with Crippen molar-refractivity contribution >= 4 is 17.7 Å². The minimum atomic E-state index is -0.353. The van der Waals surface area contributed by atoms with Crippen LogP contribution in [0.2, 0.25) is 0 Å². The van der Waals surface area contributed by atoms with Gasteiger partial charge < -0.3 is 10.6 Å². The van der Waals surface area contributed by atoms with Crippen molar-refractivity contribution in [2.45, 2.75) is 25.4 Å². The highest BCUT2D eigenvalue weighted by atomic mass is 32.2. The number of amides is 1. The average molecular weight is 243 g/mol.